The SMILES string of the molecule is O=C(O)C1CC=C(c2ccc3n[nH]nc3c2C(Cl)C2CC2)CC1. The Morgan fingerprint density at radius 2 is 2.13 bits per heavy atom. The fourth-order valence-corrected chi connectivity index (χ4v) is 3.89. The zero-order chi connectivity index (χ0) is 16.0. The number of hydrogen-bond acceptors (Lipinski definition) is 3. The van der Waals surface area contributed by atoms with Crippen molar-refractivity contribution in [1.29, 1.82) is 0 Å². The third-order valence-electron chi connectivity index (χ3n) is 4.95. The molecule has 120 valence electrons. The monoisotopic (exact) mass is 331 g/mol. The van der Waals surface area contributed by atoms with Crippen LogP contribution in [0.3, 0.4) is 0 Å². The molecule has 2 aromatic rings. The molecular weight excluding hydrogens is 314 g/mol. The lowest BCUT2D eigenvalue weighted by Gasteiger charge is -2.22. The standard InChI is InChI=1S/C17H18ClN3O2/c18-15(10-3-4-10)14-12(7-8-13-16(14)20-21-19-13)9-1-5-11(6-2-9)17(22)23/h1,7-8,10-11,15H,2-6H2,(H,22,23)(H,19,20,21). The molecule has 1 fully saturated rings. The van der Waals surface area contributed by atoms with E-state index in [1.54, 1.807) is 0 Å². The summed E-state index contributed by atoms with van der Waals surface area (Å²) in [6.07, 6.45) is 6.39. The normalized spacial score (nSPS) is 22.8. The number of carbonyl (C=O) groups is 1. The summed E-state index contributed by atoms with van der Waals surface area (Å²) < 4.78 is 0. The molecule has 5 nitrogen and oxygen atoms in total. The number of aromatic amines is 1. The Bertz CT molecular complexity index is 794. The van der Waals surface area contributed by atoms with Gasteiger partial charge in [-0.25, -0.2) is 0 Å². The number of benzene rings is 1. The highest BCUT2D eigenvalue weighted by molar-refractivity contribution is 6.22. The van der Waals surface area contributed by atoms with Crippen LogP contribution in [0.2, 0.25) is 0 Å². The van der Waals surface area contributed by atoms with Crippen molar-refractivity contribution < 1.29 is 9.90 Å². The molecule has 2 aliphatic carbocycles. The molecule has 1 aromatic carbocycles. The fourth-order valence-electron chi connectivity index (χ4n) is 3.42. The molecule has 0 aliphatic heterocycles. The lowest BCUT2D eigenvalue weighted by molar-refractivity contribution is -0.141. The average Bonchev–Trinajstić information content (AvgIpc) is 3.31. The predicted octanol–water partition coefficient (Wildman–Crippen LogP) is 3.92. The molecule has 0 radical (unpaired) electrons. The third kappa shape index (κ3) is 2.63. The van der Waals surface area contributed by atoms with Gasteiger partial charge in [0.2, 0.25) is 0 Å². The van der Waals surface area contributed by atoms with Crippen molar-refractivity contribution in [2.75, 3.05) is 0 Å². The zero-order valence-corrected chi connectivity index (χ0v) is 13.4. The van der Waals surface area contributed by atoms with Crippen molar-refractivity contribution in [3.8, 4) is 0 Å². The van der Waals surface area contributed by atoms with Crippen molar-refractivity contribution in [2.24, 2.45) is 11.8 Å². The van der Waals surface area contributed by atoms with E-state index in [2.05, 4.69) is 27.6 Å². The van der Waals surface area contributed by atoms with Crippen molar-refractivity contribution in [3.05, 3.63) is 29.3 Å². The summed E-state index contributed by atoms with van der Waals surface area (Å²) in [4.78, 5) is 11.1. The number of hydrogen-bond donors (Lipinski definition) is 2. The van der Waals surface area contributed by atoms with Crippen LogP contribution in [-0.4, -0.2) is 26.5 Å². The van der Waals surface area contributed by atoms with Gasteiger partial charge in [0, 0.05) is 5.56 Å². The van der Waals surface area contributed by atoms with Crippen molar-refractivity contribution in [1.82, 2.24) is 15.4 Å². The van der Waals surface area contributed by atoms with Gasteiger partial charge >= 0.3 is 5.97 Å². The summed E-state index contributed by atoms with van der Waals surface area (Å²) in [5, 5.41) is 20.3. The summed E-state index contributed by atoms with van der Waals surface area (Å²) >= 11 is 6.74. The minimum absolute atomic E-state index is 0.0584. The number of fused-ring (bicyclic) bond motifs is 1. The van der Waals surface area contributed by atoms with Crippen LogP contribution in [0.25, 0.3) is 16.6 Å². The van der Waals surface area contributed by atoms with Crippen molar-refractivity contribution in [2.45, 2.75) is 37.5 Å². The van der Waals surface area contributed by atoms with Crippen LogP contribution in [0.15, 0.2) is 18.2 Å². The van der Waals surface area contributed by atoms with Gasteiger partial charge in [0.1, 0.15) is 11.0 Å². The van der Waals surface area contributed by atoms with Gasteiger partial charge in [-0.3, -0.25) is 4.79 Å². The van der Waals surface area contributed by atoms with Crippen LogP contribution >= 0.6 is 11.6 Å². The second kappa shape index (κ2) is 5.64. The topological polar surface area (TPSA) is 78.9 Å². The Hall–Kier alpha value is -1.88. The van der Waals surface area contributed by atoms with Crippen LogP contribution < -0.4 is 0 Å². The number of allylic oxidation sites excluding steroid dienone is 2. The van der Waals surface area contributed by atoms with Gasteiger partial charge in [0.25, 0.3) is 0 Å². The number of nitrogens with one attached hydrogen (secondary N) is 1. The molecule has 2 aliphatic rings. The lowest BCUT2D eigenvalue weighted by atomic mass is 9.84. The molecule has 4 rings (SSSR count). The Morgan fingerprint density at radius 1 is 1.30 bits per heavy atom. The number of carboxylic acid groups (broad SMARTS) is 1. The smallest absolute Gasteiger partial charge is 0.306 e. The van der Waals surface area contributed by atoms with E-state index >= 15 is 0 Å². The molecule has 2 atom stereocenters. The summed E-state index contributed by atoms with van der Waals surface area (Å²) in [5.74, 6) is -0.470. The van der Waals surface area contributed by atoms with E-state index in [9.17, 15) is 4.79 Å². The first kappa shape index (κ1) is 14.7. The van der Waals surface area contributed by atoms with Gasteiger partial charge in [-0.05, 0) is 55.2 Å². The molecule has 2 N–H and O–H groups in total. The number of aromatic nitrogens is 3. The van der Waals surface area contributed by atoms with E-state index < -0.39 is 5.97 Å². The number of carboxylic acids is 1. The third-order valence-corrected chi connectivity index (χ3v) is 5.52. The minimum Gasteiger partial charge on any atom is -0.481 e. The quantitative estimate of drug-likeness (QED) is 0.832. The number of nitrogens with zero attached hydrogens (tertiary/aromatic N) is 2. The summed E-state index contributed by atoms with van der Waals surface area (Å²) in [6, 6.07) is 4.02. The van der Waals surface area contributed by atoms with Crippen LogP contribution in [-0.2, 0) is 4.79 Å². The highest BCUT2D eigenvalue weighted by atomic mass is 35.5. The molecule has 2 unspecified atom stereocenters. The molecule has 0 saturated heterocycles. The number of halogens is 1. The molecular formula is C17H18ClN3O2. The maximum atomic E-state index is 11.1. The molecule has 1 saturated carbocycles. The molecule has 1 aromatic heterocycles. The van der Waals surface area contributed by atoms with E-state index in [0.29, 0.717) is 18.8 Å². The van der Waals surface area contributed by atoms with E-state index in [-0.39, 0.29) is 11.3 Å². The van der Waals surface area contributed by atoms with Gasteiger partial charge in [-0.2, -0.15) is 15.4 Å². The van der Waals surface area contributed by atoms with Gasteiger partial charge in [0.15, 0.2) is 0 Å². The van der Waals surface area contributed by atoms with E-state index in [1.165, 1.54) is 5.57 Å². The lowest BCUT2D eigenvalue weighted by Crippen LogP contribution is -2.16. The number of rotatable bonds is 4. The summed E-state index contributed by atoms with van der Waals surface area (Å²) in [7, 11) is 0. The minimum atomic E-state index is -0.708. The van der Waals surface area contributed by atoms with Gasteiger partial charge in [-0.1, -0.05) is 12.1 Å². The Balaban J connectivity index is 1.77. The highest BCUT2D eigenvalue weighted by Crippen LogP contribution is 2.49. The number of alkyl halides is 1. The molecule has 0 spiro atoms. The number of aliphatic carboxylic acids is 1. The van der Waals surface area contributed by atoms with Gasteiger partial charge < -0.3 is 5.11 Å². The first-order valence-electron chi connectivity index (χ1n) is 8.05. The van der Waals surface area contributed by atoms with Crippen LogP contribution in [0, 0.1) is 11.8 Å². The molecule has 0 amide bonds. The van der Waals surface area contributed by atoms with E-state index in [0.717, 1.165) is 41.4 Å². The van der Waals surface area contributed by atoms with Crippen molar-refractivity contribution >= 4 is 34.2 Å². The van der Waals surface area contributed by atoms with E-state index in [1.807, 2.05) is 6.07 Å². The van der Waals surface area contributed by atoms with E-state index in [4.69, 9.17) is 16.7 Å². The highest BCUT2D eigenvalue weighted by Gasteiger charge is 2.35. The second-order valence-electron chi connectivity index (χ2n) is 6.50. The Morgan fingerprint density at radius 3 is 2.78 bits per heavy atom. The maximum Gasteiger partial charge on any atom is 0.306 e. The summed E-state index contributed by atoms with van der Waals surface area (Å²) in [6.45, 7) is 0. The summed E-state index contributed by atoms with van der Waals surface area (Å²) in [5.41, 5.74) is 5.03. The number of H-pyrrole nitrogens is 1. The predicted molar refractivity (Wildman–Crippen MR) is 88.2 cm³/mol. The second-order valence-corrected chi connectivity index (χ2v) is 6.97. The maximum absolute atomic E-state index is 11.1. The first-order chi connectivity index (χ1) is 11.1. The molecule has 1 heterocycles. The van der Waals surface area contributed by atoms with Crippen LogP contribution in [0.4, 0.5) is 0 Å². The zero-order valence-electron chi connectivity index (χ0n) is 12.6. The molecule has 6 heteroatoms. The van der Waals surface area contributed by atoms with Gasteiger partial charge in [0.05, 0.1) is 11.3 Å². The van der Waals surface area contributed by atoms with Crippen LogP contribution in [0.1, 0.15) is 48.6 Å². The Labute approximate surface area is 138 Å². The largest absolute Gasteiger partial charge is 0.481 e. The molecule has 0 bridgehead atoms. The van der Waals surface area contributed by atoms with Gasteiger partial charge in [-0.15, -0.1) is 11.6 Å². The van der Waals surface area contributed by atoms with Crippen LogP contribution in [0.5, 0.6) is 0 Å². The molecule has 23 heavy (non-hydrogen) atoms. The Kier molecular flexibility index (Phi) is 3.60. The first-order valence-corrected chi connectivity index (χ1v) is 8.48. The fraction of sp³-hybridized carbons (Fsp3) is 0.471. The average molecular weight is 332 g/mol. The van der Waals surface area contributed by atoms with Crippen molar-refractivity contribution in [3.63, 3.8) is 0 Å².